The summed E-state index contributed by atoms with van der Waals surface area (Å²) in [4.78, 5) is 0. The van der Waals surface area contributed by atoms with Crippen molar-refractivity contribution in [1.29, 1.82) is 0 Å². The van der Waals surface area contributed by atoms with E-state index in [0.717, 1.165) is 6.42 Å². The van der Waals surface area contributed by atoms with Crippen molar-refractivity contribution < 1.29 is 15.3 Å². The van der Waals surface area contributed by atoms with Crippen molar-refractivity contribution in [2.45, 2.75) is 32.0 Å². The molecule has 0 aromatic carbocycles. The molecule has 0 saturated carbocycles. The van der Waals surface area contributed by atoms with Gasteiger partial charge in [-0.2, -0.15) is 0 Å². The Morgan fingerprint density at radius 1 is 1.22 bits per heavy atom. The molecule has 0 aliphatic heterocycles. The molecule has 9 heavy (non-hydrogen) atoms. The van der Waals surface area contributed by atoms with E-state index in [1.807, 2.05) is 6.92 Å². The number of hydrogen-bond donors (Lipinski definition) is 3. The fourth-order valence-corrected chi connectivity index (χ4v) is 0.610. The van der Waals surface area contributed by atoms with Crippen LogP contribution in [-0.4, -0.2) is 34.1 Å². The van der Waals surface area contributed by atoms with Gasteiger partial charge in [0, 0.05) is 0 Å². The molecule has 0 saturated heterocycles. The van der Waals surface area contributed by atoms with Crippen LogP contribution in [0.25, 0.3) is 0 Å². The Kier molecular flexibility index (Phi) is 4.67. The summed E-state index contributed by atoms with van der Waals surface area (Å²) in [6.07, 6.45) is -0.370. The molecule has 0 aromatic heterocycles. The Labute approximate surface area is 54.9 Å². The first-order valence-electron chi connectivity index (χ1n) is 3.19. The van der Waals surface area contributed by atoms with Crippen LogP contribution in [0.4, 0.5) is 0 Å². The molecule has 3 nitrogen and oxygen atoms in total. The topological polar surface area (TPSA) is 60.7 Å². The molecule has 0 amide bonds. The van der Waals surface area contributed by atoms with Crippen LogP contribution in [0.5, 0.6) is 0 Å². The van der Waals surface area contributed by atoms with Gasteiger partial charge in [0.25, 0.3) is 0 Å². The summed E-state index contributed by atoms with van der Waals surface area (Å²) in [5.41, 5.74) is 0. The summed E-state index contributed by atoms with van der Waals surface area (Å²) in [6.45, 7) is 1.55. The molecular formula is C6H14O3. The maximum Gasteiger partial charge on any atom is 0.103 e. The third kappa shape index (κ3) is 3.46. The fraction of sp³-hybridized carbons (Fsp3) is 1.00. The molecule has 3 heteroatoms. The first-order valence-corrected chi connectivity index (χ1v) is 3.19. The number of hydrogen-bond acceptors (Lipinski definition) is 3. The molecule has 0 spiro atoms. The SMILES string of the molecule is CCC[C@H](O)[C@@H](O)CO. The van der Waals surface area contributed by atoms with E-state index in [0.29, 0.717) is 6.42 Å². The zero-order valence-corrected chi connectivity index (χ0v) is 5.62. The molecule has 56 valence electrons. The Morgan fingerprint density at radius 3 is 2.11 bits per heavy atom. The third-order valence-electron chi connectivity index (χ3n) is 1.22. The van der Waals surface area contributed by atoms with E-state index in [9.17, 15) is 0 Å². The maximum absolute atomic E-state index is 8.91. The second-order valence-electron chi connectivity index (χ2n) is 2.11. The highest BCUT2D eigenvalue weighted by atomic mass is 16.4. The van der Waals surface area contributed by atoms with Gasteiger partial charge < -0.3 is 15.3 Å². The highest BCUT2D eigenvalue weighted by Crippen LogP contribution is 2.00. The van der Waals surface area contributed by atoms with Gasteiger partial charge in [0.2, 0.25) is 0 Å². The number of rotatable bonds is 4. The van der Waals surface area contributed by atoms with Gasteiger partial charge >= 0.3 is 0 Å². The fourth-order valence-electron chi connectivity index (χ4n) is 0.610. The van der Waals surface area contributed by atoms with Crippen LogP contribution in [0.2, 0.25) is 0 Å². The summed E-state index contributed by atoms with van der Waals surface area (Å²) in [5, 5.41) is 26.0. The van der Waals surface area contributed by atoms with E-state index in [4.69, 9.17) is 15.3 Å². The monoisotopic (exact) mass is 134 g/mol. The minimum atomic E-state index is -0.968. The van der Waals surface area contributed by atoms with Gasteiger partial charge in [0.15, 0.2) is 0 Å². The average molecular weight is 134 g/mol. The molecule has 0 fully saturated rings. The van der Waals surface area contributed by atoms with Gasteiger partial charge in [0.05, 0.1) is 12.7 Å². The van der Waals surface area contributed by atoms with Crippen molar-refractivity contribution in [2.75, 3.05) is 6.61 Å². The highest BCUT2D eigenvalue weighted by Gasteiger charge is 2.12. The lowest BCUT2D eigenvalue weighted by Crippen LogP contribution is -2.28. The number of aliphatic hydroxyl groups excluding tert-OH is 3. The summed E-state index contributed by atoms with van der Waals surface area (Å²) >= 11 is 0. The summed E-state index contributed by atoms with van der Waals surface area (Å²) in [5.74, 6) is 0. The standard InChI is InChI=1S/C6H14O3/c1-2-3-5(8)6(9)4-7/h5-9H,2-4H2,1H3/t5-,6-/m0/s1. The van der Waals surface area contributed by atoms with E-state index in [-0.39, 0.29) is 6.61 Å². The molecule has 0 aliphatic carbocycles. The predicted molar refractivity (Wildman–Crippen MR) is 34.0 cm³/mol. The van der Waals surface area contributed by atoms with Gasteiger partial charge in [-0.05, 0) is 6.42 Å². The van der Waals surface area contributed by atoms with Crippen molar-refractivity contribution in [3.05, 3.63) is 0 Å². The molecular weight excluding hydrogens is 120 g/mol. The van der Waals surface area contributed by atoms with E-state index < -0.39 is 12.2 Å². The minimum Gasteiger partial charge on any atom is -0.394 e. The minimum absolute atomic E-state index is 0.360. The van der Waals surface area contributed by atoms with Crippen LogP contribution in [0.1, 0.15) is 19.8 Å². The van der Waals surface area contributed by atoms with Crippen LogP contribution < -0.4 is 0 Å². The number of aliphatic hydroxyl groups is 3. The van der Waals surface area contributed by atoms with Crippen molar-refractivity contribution in [1.82, 2.24) is 0 Å². The van der Waals surface area contributed by atoms with Gasteiger partial charge in [-0.3, -0.25) is 0 Å². The van der Waals surface area contributed by atoms with Gasteiger partial charge in [0.1, 0.15) is 6.10 Å². The smallest absolute Gasteiger partial charge is 0.103 e. The predicted octanol–water partition coefficient (Wildman–Crippen LogP) is -0.499. The normalized spacial score (nSPS) is 17.3. The van der Waals surface area contributed by atoms with E-state index in [1.54, 1.807) is 0 Å². The quantitative estimate of drug-likeness (QED) is 0.486. The Balaban J connectivity index is 3.32. The van der Waals surface area contributed by atoms with Gasteiger partial charge in [-0.25, -0.2) is 0 Å². The van der Waals surface area contributed by atoms with Crippen LogP contribution in [0.15, 0.2) is 0 Å². The molecule has 0 unspecified atom stereocenters. The lowest BCUT2D eigenvalue weighted by atomic mass is 10.1. The zero-order valence-electron chi connectivity index (χ0n) is 5.62. The van der Waals surface area contributed by atoms with Crippen molar-refractivity contribution >= 4 is 0 Å². The lowest BCUT2D eigenvalue weighted by Gasteiger charge is -2.13. The first kappa shape index (κ1) is 8.88. The Morgan fingerprint density at radius 2 is 1.78 bits per heavy atom. The Bertz CT molecular complexity index is 65.3. The highest BCUT2D eigenvalue weighted by molar-refractivity contribution is 4.63. The van der Waals surface area contributed by atoms with Gasteiger partial charge in [-0.1, -0.05) is 13.3 Å². The zero-order chi connectivity index (χ0) is 7.28. The van der Waals surface area contributed by atoms with Crippen molar-refractivity contribution in [3.8, 4) is 0 Å². The van der Waals surface area contributed by atoms with Crippen LogP contribution in [0, 0.1) is 0 Å². The largest absolute Gasteiger partial charge is 0.394 e. The molecule has 0 radical (unpaired) electrons. The molecule has 0 aromatic rings. The Hall–Kier alpha value is -0.120. The first-order chi connectivity index (χ1) is 4.22. The van der Waals surface area contributed by atoms with E-state index >= 15 is 0 Å². The van der Waals surface area contributed by atoms with E-state index in [1.165, 1.54) is 0 Å². The van der Waals surface area contributed by atoms with Gasteiger partial charge in [-0.15, -0.1) is 0 Å². The summed E-state index contributed by atoms with van der Waals surface area (Å²) < 4.78 is 0. The molecule has 3 N–H and O–H groups in total. The molecule has 0 aliphatic rings. The van der Waals surface area contributed by atoms with E-state index in [2.05, 4.69) is 0 Å². The summed E-state index contributed by atoms with van der Waals surface area (Å²) in [6, 6.07) is 0. The summed E-state index contributed by atoms with van der Waals surface area (Å²) in [7, 11) is 0. The third-order valence-corrected chi connectivity index (χ3v) is 1.22. The molecule has 0 bridgehead atoms. The second-order valence-corrected chi connectivity index (χ2v) is 2.11. The lowest BCUT2D eigenvalue weighted by molar-refractivity contribution is -0.0177. The molecule has 2 atom stereocenters. The second kappa shape index (κ2) is 4.73. The average Bonchev–Trinajstić information content (AvgIpc) is 1.87. The van der Waals surface area contributed by atoms with Crippen molar-refractivity contribution in [2.24, 2.45) is 0 Å². The maximum atomic E-state index is 8.91. The molecule has 0 rings (SSSR count). The van der Waals surface area contributed by atoms with Crippen LogP contribution >= 0.6 is 0 Å². The van der Waals surface area contributed by atoms with Crippen LogP contribution in [-0.2, 0) is 0 Å². The van der Waals surface area contributed by atoms with Crippen LogP contribution in [0.3, 0.4) is 0 Å². The van der Waals surface area contributed by atoms with Crippen molar-refractivity contribution in [3.63, 3.8) is 0 Å². The molecule has 0 heterocycles.